The summed E-state index contributed by atoms with van der Waals surface area (Å²) in [6, 6.07) is 2.41. The van der Waals surface area contributed by atoms with Gasteiger partial charge in [0.15, 0.2) is 0 Å². The third kappa shape index (κ3) is 3.69. The summed E-state index contributed by atoms with van der Waals surface area (Å²) in [5.74, 6) is -1.47. The van der Waals surface area contributed by atoms with Gasteiger partial charge in [0.2, 0.25) is 5.82 Å². The number of ether oxygens (including phenoxy) is 2. The van der Waals surface area contributed by atoms with Gasteiger partial charge >= 0.3 is 11.7 Å². The Hall–Kier alpha value is -2.38. The fraction of sp³-hybridized carbons (Fsp3) is 0.533. The van der Waals surface area contributed by atoms with Gasteiger partial charge in [0, 0.05) is 25.2 Å². The Balaban J connectivity index is 2.34. The van der Waals surface area contributed by atoms with Crippen LogP contribution in [0.4, 0.5) is 15.8 Å². The standard InChI is InChI=1S/C15H19FN2O5/c1-3-23-15(19)10-5-4-6-17(9-10)13-8-11(22-2)7-12(16)14(13)18(20)21/h7-8,10H,3-6,9H2,1-2H3/t10-/m1/s1. The molecule has 0 N–H and O–H groups in total. The molecule has 7 nitrogen and oxygen atoms in total. The quantitative estimate of drug-likeness (QED) is 0.470. The van der Waals surface area contributed by atoms with Crippen LogP contribution in [0.15, 0.2) is 12.1 Å². The normalized spacial score (nSPS) is 17.7. The second-order valence-corrected chi connectivity index (χ2v) is 5.27. The molecule has 0 amide bonds. The van der Waals surface area contributed by atoms with Crippen LogP contribution in [0.5, 0.6) is 5.75 Å². The first-order valence-electron chi connectivity index (χ1n) is 7.41. The largest absolute Gasteiger partial charge is 0.497 e. The van der Waals surface area contributed by atoms with Gasteiger partial charge in [0.1, 0.15) is 11.4 Å². The van der Waals surface area contributed by atoms with Crippen LogP contribution < -0.4 is 9.64 Å². The number of hydrogen-bond donors (Lipinski definition) is 0. The fourth-order valence-corrected chi connectivity index (χ4v) is 2.75. The first-order chi connectivity index (χ1) is 11.0. The molecule has 2 rings (SSSR count). The van der Waals surface area contributed by atoms with Crippen molar-refractivity contribution >= 4 is 17.3 Å². The molecule has 0 spiro atoms. The number of anilines is 1. The number of methoxy groups -OCH3 is 1. The summed E-state index contributed by atoms with van der Waals surface area (Å²) in [6.07, 6.45) is 1.31. The van der Waals surface area contributed by atoms with Crippen molar-refractivity contribution in [1.29, 1.82) is 0 Å². The minimum absolute atomic E-state index is 0.126. The van der Waals surface area contributed by atoms with Gasteiger partial charge in [0.25, 0.3) is 0 Å². The maximum Gasteiger partial charge on any atom is 0.328 e. The van der Waals surface area contributed by atoms with E-state index in [9.17, 15) is 19.3 Å². The van der Waals surface area contributed by atoms with Crippen molar-refractivity contribution in [3.05, 3.63) is 28.1 Å². The van der Waals surface area contributed by atoms with Crippen LogP contribution in [0.2, 0.25) is 0 Å². The monoisotopic (exact) mass is 326 g/mol. The summed E-state index contributed by atoms with van der Waals surface area (Å²) in [4.78, 5) is 24.0. The second-order valence-electron chi connectivity index (χ2n) is 5.27. The number of rotatable bonds is 5. The summed E-state index contributed by atoms with van der Waals surface area (Å²) in [6.45, 7) is 2.76. The van der Waals surface area contributed by atoms with E-state index in [2.05, 4.69) is 0 Å². The summed E-state index contributed by atoms with van der Waals surface area (Å²) in [5, 5.41) is 11.2. The van der Waals surface area contributed by atoms with Gasteiger partial charge < -0.3 is 14.4 Å². The molecule has 0 unspecified atom stereocenters. The van der Waals surface area contributed by atoms with Crippen LogP contribution in [0.1, 0.15) is 19.8 Å². The van der Waals surface area contributed by atoms with E-state index in [-0.39, 0.29) is 36.5 Å². The van der Waals surface area contributed by atoms with Crippen LogP contribution in [-0.4, -0.2) is 37.7 Å². The lowest BCUT2D eigenvalue weighted by atomic mass is 9.97. The topological polar surface area (TPSA) is 81.9 Å². The van der Waals surface area contributed by atoms with E-state index < -0.39 is 16.4 Å². The van der Waals surface area contributed by atoms with Crippen molar-refractivity contribution in [3.8, 4) is 5.75 Å². The Morgan fingerprint density at radius 2 is 2.26 bits per heavy atom. The number of benzene rings is 1. The van der Waals surface area contributed by atoms with E-state index >= 15 is 0 Å². The van der Waals surface area contributed by atoms with E-state index in [1.54, 1.807) is 11.8 Å². The van der Waals surface area contributed by atoms with Gasteiger partial charge in [-0.1, -0.05) is 0 Å². The maximum absolute atomic E-state index is 14.0. The molecule has 1 atom stereocenters. The molecule has 1 aliphatic heterocycles. The second kappa shape index (κ2) is 7.26. The summed E-state index contributed by atoms with van der Waals surface area (Å²) < 4.78 is 24.0. The lowest BCUT2D eigenvalue weighted by Gasteiger charge is -2.33. The van der Waals surface area contributed by atoms with Gasteiger partial charge in [-0.15, -0.1) is 0 Å². The maximum atomic E-state index is 14.0. The lowest BCUT2D eigenvalue weighted by Crippen LogP contribution is -2.39. The number of carbonyl (C=O) groups excluding carboxylic acids is 1. The van der Waals surface area contributed by atoms with E-state index in [4.69, 9.17) is 9.47 Å². The fourth-order valence-electron chi connectivity index (χ4n) is 2.75. The van der Waals surface area contributed by atoms with Gasteiger partial charge in [-0.25, -0.2) is 0 Å². The summed E-state index contributed by atoms with van der Waals surface area (Å²) >= 11 is 0. The third-order valence-electron chi connectivity index (χ3n) is 3.82. The van der Waals surface area contributed by atoms with E-state index in [0.717, 1.165) is 6.07 Å². The van der Waals surface area contributed by atoms with Gasteiger partial charge in [-0.05, 0) is 19.8 Å². The van der Waals surface area contributed by atoms with Crippen LogP contribution in [0.3, 0.4) is 0 Å². The van der Waals surface area contributed by atoms with Gasteiger partial charge in [0.05, 0.1) is 24.6 Å². The van der Waals surface area contributed by atoms with Crippen LogP contribution in [-0.2, 0) is 9.53 Å². The first-order valence-corrected chi connectivity index (χ1v) is 7.41. The molecule has 1 heterocycles. The van der Waals surface area contributed by atoms with E-state index in [1.165, 1.54) is 13.2 Å². The Morgan fingerprint density at radius 3 is 2.87 bits per heavy atom. The molecule has 0 aliphatic carbocycles. The highest BCUT2D eigenvalue weighted by Gasteiger charge is 2.32. The molecule has 1 fully saturated rings. The zero-order valence-electron chi connectivity index (χ0n) is 13.1. The molecule has 1 saturated heterocycles. The van der Waals surface area contributed by atoms with E-state index in [0.29, 0.717) is 19.4 Å². The SMILES string of the molecule is CCOC(=O)[C@@H]1CCCN(c2cc(OC)cc(F)c2[N+](=O)[O-])C1. The Labute approximate surface area is 133 Å². The molecule has 126 valence electrons. The summed E-state index contributed by atoms with van der Waals surface area (Å²) in [7, 11) is 1.36. The molecule has 0 aromatic heterocycles. The Bertz CT molecular complexity index is 608. The number of nitrogens with zero attached hydrogens (tertiary/aromatic N) is 2. The highest BCUT2D eigenvalue weighted by molar-refractivity contribution is 5.75. The number of carbonyl (C=O) groups is 1. The number of nitro benzene ring substituents is 1. The van der Waals surface area contributed by atoms with E-state index in [1.807, 2.05) is 0 Å². The number of hydrogen-bond acceptors (Lipinski definition) is 6. The van der Waals surface area contributed by atoms with Gasteiger partial charge in [-0.2, -0.15) is 4.39 Å². The number of piperidine rings is 1. The number of esters is 1. The average Bonchev–Trinajstić information content (AvgIpc) is 2.54. The molecule has 0 radical (unpaired) electrons. The zero-order chi connectivity index (χ0) is 17.0. The van der Waals surface area contributed by atoms with Crippen LogP contribution >= 0.6 is 0 Å². The first kappa shape index (κ1) is 17.0. The Kier molecular flexibility index (Phi) is 5.36. The highest BCUT2D eigenvalue weighted by Crippen LogP contribution is 2.37. The molecule has 1 aromatic rings. The molecule has 0 saturated carbocycles. The van der Waals surface area contributed by atoms with Crippen molar-refractivity contribution in [1.82, 2.24) is 0 Å². The number of halogens is 1. The van der Waals surface area contributed by atoms with Crippen molar-refractivity contribution in [2.45, 2.75) is 19.8 Å². The molecular formula is C15H19FN2O5. The minimum atomic E-state index is -0.956. The number of nitro groups is 1. The van der Waals surface area contributed by atoms with Gasteiger partial charge in [-0.3, -0.25) is 14.9 Å². The third-order valence-corrected chi connectivity index (χ3v) is 3.82. The minimum Gasteiger partial charge on any atom is -0.497 e. The van der Waals surface area contributed by atoms with Crippen molar-refractivity contribution in [3.63, 3.8) is 0 Å². The predicted molar refractivity (Wildman–Crippen MR) is 81.2 cm³/mol. The smallest absolute Gasteiger partial charge is 0.328 e. The molecular weight excluding hydrogens is 307 g/mol. The average molecular weight is 326 g/mol. The van der Waals surface area contributed by atoms with Crippen LogP contribution in [0, 0.1) is 21.8 Å². The predicted octanol–water partition coefficient (Wildman–Crippen LogP) is 2.52. The Morgan fingerprint density at radius 1 is 1.52 bits per heavy atom. The molecule has 8 heteroatoms. The molecule has 1 aromatic carbocycles. The lowest BCUT2D eigenvalue weighted by molar-refractivity contribution is -0.386. The molecule has 23 heavy (non-hydrogen) atoms. The highest BCUT2D eigenvalue weighted by atomic mass is 19.1. The van der Waals surface area contributed by atoms with Crippen LogP contribution in [0.25, 0.3) is 0 Å². The molecule has 0 bridgehead atoms. The van der Waals surface area contributed by atoms with Crippen molar-refractivity contribution in [2.24, 2.45) is 5.92 Å². The van der Waals surface area contributed by atoms with Crippen molar-refractivity contribution < 1.29 is 23.6 Å². The zero-order valence-corrected chi connectivity index (χ0v) is 13.1. The summed E-state index contributed by atoms with van der Waals surface area (Å²) in [5.41, 5.74) is -0.476. The molecule has 1 aliphatic rings. The van der Waals surface area contributed by atoms with Crippen molar-refractivity contribution in [2.75, 3.05) is 31.7 Å².